The molecule has 1 saturated heterocycles. The van der Waals surface area contributed by atoms with Crippen LogP contribution in [0.2, 0.25) is 0 Å². The van der Waals surface area contributed by atoms with Crippen LogP contribution in [0.1, 0.15) is 18.4 Å². The van der Waals surface area contributed by atoms with E-state index in [1.165, 1.54) is 6.07 Å². The molecule has 90 valence electrons. The number of anilines is 1. The van der Waals surface area contributed by atoms with Gasteiger partial charge in [-0.15, -0.1) is 0 Å². The van der Waals surface area contributed by atoms with E-state index in [-0.39, 0.29) is 11.6 Å². The third kappa shape index (κ3) is 2.83. The van der Waals surface area contributed by atoms with E-state index in [1.807, 2.05) is 6.07 Å². The lowest BCUT2D eigenvalue weighted by Crippen LogP contribution is -2.29. The van der Waals surface area contributed by atoms with Crippen LogP contribution in [0.4, 0.5) is 10.1 Å². The summed E-state index contributed by atoms with van der Waals surface area (Å²) in [6.07, 6.45) is 1.60. The fraction of sp³-hybridized carbons (Fsp3) is 0.417. The quantitative estimate of drug-likeness (QED) is 0.876. The molecule has 1 fully saturated rings. The topological polar surface area (TPSA) is 52.9 Å². The molecule has 0 bridgehead atoms. The van der Waals surface area contributed by atoms with Gasteiger partial charge in [0.05, 0.1) is 5.69 Å². The lowest BCUT2D eigenvalue weighted by atomic mass is 10.1. The first-order chi connectivity index (χ1) is 8.20. The van der Waals surface area contributed by atoms with Gasteiger partial charge in [0.1, 0.15) is 17.4 Å². The predicted molar refractivity (Wildman–Crippen MR) is 65.6 cm³/mol. The number of rotatable bonds is 2. The number of nitriles is 1. The van der Waals surface area contributed by atoms with Crippen LogP contribution in [0.25, 0.3) is 0 Å². The molecule has 1 aromatic rings. The first-order valence-electron chi connectivity index (χ1n) is 5.51. The van der Waals surface area contributed by atoms with Gasteiger partial charge in [-0.05, 0) is 25.0 Å². The fourth-order valence-electron chi connectivity index (χ4n) is 1.92. The zero-order valence-corrected chi connectivity index (χ0v) is 10.1. The van der Waals surface area contributed by atoms with Crippen LogP contribution < -0.4 is 5.32 Å². The molecule has 1 aliphatic heterocycles. The maximum Gasteiger partial charge on any atom is 0.143 e. The molecule has 3 nitrogen and oxygen atoms in total. The van der Waals surface area contributed by atoms with E-state index in [2.05, 4.69) is 5.32 Å². The van der Waals surface area contributed by atoms with Crippen molar-refractivity contribution >= 4 is 16.5 Å². The fourth-order valence-corrected chi connectivity index (χ4v) is 3.22. The van der Waals surface area contributed by atoms with E-state index in [0.29, 0.717) is 17.2 Å². The standard InChI is InChI=1S/C12H13FN2OS/c13-11-2-1-3-12(10(11)8-14)15-9-4-6-17(16)7-5-9/h1-3,9,15H,4-7H2. The van der Waals surface area contributed by atoms with Crippen LogP contribution in [0.5, 0.6) is 0 Å². The zero-order valence-electron chi connectivity index (χ0n) is 9.28. The average molecular weight is 252 g/mol. The molecule has 0 atom stereocenters. The lowest BCUT2D eigenvalue weighted by Gasteiger charge is -2.24. The summed E-state index contributed by atoms with van der Waals surface area (Å²) in [7, 11) is -0.710. The largest absolute Gasteiger partial charge is 0.381 e. The SMILES string of the molecule is N#Cc1c(F)cccc1NC1CCS(=O)CC1. The minimum absolute atomic E-state index is 0.0548. The summed E-state index contributed by atoms with van der Waals surface area (Å²) in [5, 5.41) is 12.1. The first kappa shape index (κ1) is 12.1. The van der Waals surface area contributed by atoms with Crippen LogP contribution in [-0.2, 0) is 10.8 Å². The molecule has 2 rings (SSSR count). The molecule has 0 radical (unpaired) electrons. The van der Waals surface area contributed by atoms with Gasteiger partial charge in [0.15, 0.2) is 0 Å². The van der Waals surface area contributed by atoms with Crippen molar-refractivity contribution in [3.05, 3.63) is 29.6 Å². The molecule has 17 heavy (non-hydrogen) atoms. The van der Waals surface area contributed by atoms with Crippen molar-refractivity contribution in [1.29, 1.82) is 5.26 Å². The van der Waals surface area contributed by atoms with Gasteiger partial charge in [-0.2, -0.15) is 5.26 Å². The van der Waals surface area contributed by atoms with Crippen LogP contribution in [0.3, 0.4) is 0 Å². The van der Waals surface area contributed by atoms with Crippen LogP contribution in [-0.4, -0.2) is 21.8 Å². The molecular formula is C12H13FN2OS. The summed E-state index contributed by atoms with van der Waals surface area (Å²) in [4.78, 5) is 0. The number of nitrogens with one attached hydrogen (secondary N) is 1. The Bertz CT molecular complexity index is 474. The molecule has 0 saturated carbocycles. The Kier molecular flexibility index (Phi) is 3.75. The molecule has 5 heteroatoms. The number of nitrogens with zero attached hydrogens (tertiary/aromatic N) is 1. The Balaban J connectivity index is 2.11. The smallest absolute Gasteiger partial charge is 0.143 e. The van der Waals surface area contributed by atoms with Crippen molar-refractivity contribution in [1.82, 2.24) is 0 Å². The van der Waals surface area contributed by atoms with Gasteiger partial charge in [0, 0.05) is 28.3 Å². The van der Waals surface area contributed by atoms with E-state index >= 15 is 0 Å². The van der Waals surface area contributed by atoms with Crippen LogP contribution in [0.15, 0.2) is 18.2 Å². The predicted octanol–water partition coefficient (Wildman–Crippen LogP) is 2.02. The minimum atomic E-state index is -0.710. The van der Waals surface area contributed by atoms with Crippen LogP contribution in [0, 0.1) is 17.1 Å². The van der Waals surface area contributed by atoms with E-state index in [4.69, 9.17) is 5.26 Å². The summed E-state index contributed by atoms with van der Waals surface area (Å²) in [5.41, 5.74) is 0.587. The highest BCUT2D eigenvalue weighted by Gasteiger charge is 2.19. The molecular weight excluding hydrogens is 239 g/mol. The summed E-state index contributed by atoms with van der Waals surface area (Å²) >= 11 is 0. The van der Waals surface area contributed by atoms with E-state index in [0.717, 1.165) is 12.8 Å². The third-order valence-corrected chi connectivity index (χ3v) is 4.26. The van der Waals surface area contributed by atoms with Crippen LogP contribution >= 0.6 is 0 Å². The van der Waals surface area contributed by atoms with Gasteiger partial charge in [0.2, 0.25) is 0 Å². The molecule has 0 amide bonds. The summed E-state index contributed by atoms with van der Waals surface area (Å²) < 4.78 is 24.6. The summed E-state index contributed by atoms with van der Waals surface area (Å²) in [6.45, 7) is 0. The van der Waals surface area contributed by atoms with Crippen molar-refractivity contribution in [2.24, 2.45) is 0 Å². The highest BCUT2D eigenvalue weighted by atomic mass is 32.2. The van der Waals surface area contributed by atoms with Crippen molar-refractivity contribution in [3.63, 3.8) is 0 Å². The van der Waals surface area contributed by atoms with E-state index in [1.54, 1.807) is 12.1 Å². The monoisotopic (exact) mass is 252 g/mol. The molecule has 0 aromatic heterocycles. The van der Waals surface area contributed by atoms with Gasteiger partial charge in [-0.25, -0.2) is 4.39 Å². The van der Waals surface area contributed by atoms with Crippen molar-refractivity contribution in [2.45, 2.75) is 18.9 Å². The molecule has 1 aromatic carbocycles. The molecule has 1 aliphatic rings. The zero-order chi connectivity index (χ0) is 12.3. The van der Waals surface area contributed by atoms with E-state index < -0.39 is 16.6 Å². The summed E-state index contributed by atoms with van der Waals surface area (Å²) in [6, 6.07) is 6.61. The second kappa shape index (κ2) is 5.28. The minimum Gasteiger partial charge on any atom is -0.381 e. The average Bonchev–Trinajstić information content (AvgIpc) is 2.32. The Morgan fingerprint density at radius 2 is 2.12 bits per heavy atom. The molecule has 0 aliphatic carbocycles. The Morgan fingerprint density at radius 1 is 1.41 bits per heavy atom. The number of halogens is 1. The third-order valence-electron chi connectivity index (χ3n) is 2.87. The number of benzene rings is 1. The normalized spacial score (nSPS) is 24.0. The van der Waals surface area contributed by atoms with Gasteiger partial charge >= 0.3 is 0 Å². The Hall–Kier alpha value is -1.41. The summed E-state index contributed by atoms with van der Waals surface area (Å²) in [5.74, 6) is 0.848. The Morgan fingerprint density at radius 3 is 2.76 bits per heavy atom. The van der Waals surface area contributed by atoms with Crippen molar-refractivity contribution in [3.8, 4) is 6.07 Å². The molecule has 1 N–H and O–H groups in total. The first-order valence-corrected chi connectivity index (χ1v) is 6.99. The van der Waals surface area contributed by atoms with Gasteiger partial charge < -0.3 is 5.32 Å². The van der Waals surface area contributed by atoms with Crippen molar-refractivity contribution in [2.75, 3.05) is 16.8 Å². The Labute approximate surface area is 102 Å². The lowest BCUT2D eigenvalue weighted by molar-refractivity contribution is 0.615. The number of hydrogen-bond acceptors (Lipinski definition) is 3. The van der Waals surface area contributed by atoms with Gasteiger partial charge in [-0.3, -0.25) is 4.21 Å². The van der Waals surface area contributed by atoms with Crippen molar-refractivity contribution < 1.29 is 8.60 Å². The van der Waals surface area contributed by atoms with Gasteiger partial charge in [0.25, 0.3) is 0 Å². The number of hydrogen-bond donors (Lipinski definition) is 1. The maximum atomic E-state index is 13.4. The second-order valence-corrected chi connectivity index (χ2v) is 5.74. The molecule has 0 spiro atoms. The maximum absolute atomic E-state index is 13.4. The van der Waals surface area contributed by atoms with Gasteiger partial charge in [-0.1, -0.05) is 6.07 Å². The molecule has 1 heterocycles. The highest BCUT2D eigenvalue weighted by molar-refractivity contribution is 7.85. The highest BCUT2D eigenvalue weighted by Crippen LogP contribution is 2.21. The van der Waals surface area contributed by atoms with E-state index in [9.17, 15) is 8.60 Å². The second-order valence-electron chi connectivity index (χ2n) is 4.04. The molecule has 0 unspecified atom stereocenters.